The van der Waals surface area contributed by atoms with Crippen molar-refractivity contribution in [3.8, 4) is 5.69 Å². The van der Waals surface area contributed by atoms with E-state index in [0.717, 1.165) is 18.1 Å². The maximum atomic E-state index is 11.5. The molecule has 19 heavy (non-hydrogen) atoms. The Balaban J connectivity index is 2.66. The smallest absolute Gasteiger partial charge is 0.250 e. The van der Waals surface area contributed by atoms with E-state index in [1.807, 2.05) is 13.8 Å². The van der Waals surface area contributed by atoms with Gasteiger partial charge in [-0.3, -0.25) is 4.79 Å². The van der Waals surface area contributed by atoms with Crippen molar-refractivity contribution in [3.63, 3.8) is 0 Å². The third-order valence-electron chi connectivity index (χ3n) is 2.87. The van der Waals surface area contributed by atoms with Gasteiger partial charge in [0.15, 0.2) is 5.82 Å². The average molecular weight is 259 g/mol. The Morgan fingerprint density at radius 3 is 2.63 bits per heavy atom. The summed E-state index contributed by atoms with van der Waals surface area (Å²) < 4.78 is 1.65. The number of nitrogens with zero attached hydrogens (tertiary/aromatic N) is 3. The van der Waals surface area contributed by atoms with E-state index < -0.39 is 5.91 Å². The number of hydrogen-bond acceptors (Lipinski definition) is 4. The van der Waals surface area contributed by atoms with Gasteiger partial charge in [0.05, 0.1) is 11.3 Å². The molecule has 4 N–H and O–H groups in total. The number of nitrogen functional groups attached to an aromatic ring is 1. The van der Waals surface area contributed by atoms with E-state index in [-0.39, 0.29) is 0 Å². The molecule has 0 aliphatic carbocycles. The van der Waals surface area contributed by atoms with Gasteiger partial charge in [-0.2, -0.15) is 5.10 Å². The van der Waals surface area contributed by atoms with Crippen LogP contribution >= 0.6 is 0 Å². The molecule has 1 heterocycles. The van der Waals surface area contributed by atoms with Crippen LogP contribution < -0.4 is 11.5 Å². The minimum atomic E-state index is -0.509. The number of aryl methyl sites for hydroxylation is 2. The topological polar surface area (TPSA) is 99.8 Å². The second kappa shape index (κ2) is 5.09. The van der Waals surface area contributed by atoms with E-state index in [2.05, 4.69) is 10.1 Å². The summed E-state index contributed by atoms with van der Waals surface area (Å²) in [7, 11) is 0. The minimum Gasteiger partial charge on any atom is -0.399 e. The number of carbonyl (C=O) groups excluding carboxylic acids is 1. The van der Waals surface area contributed by atoms with Crippen molar-refractivity contribution < 1.29 is 4.79 Å². The monoisotopic (exact) mass is 259 g/mol. The van der Waals surface area contributed by atoms with Crippen LogP contribution in [0, 0.1) is 0 Å². The first-order valence-corrected chi connectivity index (χ1v) is 6.21. The predicted molar refractivity (Wildman–Crippen MR) is 73.0 cm³/mol. The first kappa shape index (κ1) is 13.1. The van der Waals surface area contributed by atoms with E-state index in [1.54, 1.807) is 22.9 Å². The second-order valence-corrected chi connectivity index (χ2v) is 4.20. The molecule has 2 rings (SSSR count). The maximum absolute atomic E-state index is 11.5. The molecule has 0 aliphatic heterocycles. The third-order valence-corrected chi connectivity index (χ3v) is 2.87. The average Bonchev–Trinajstić information content (AvgIpc) is 2.81. The maximum Gasteiger partial charge on any atom is 0.250 e. The number of hydrogen-bond donors (Lipinski definition) is 2. The molecule has 6 nitrogen and oxygen atoms in total. The standard InChI is InChI=1S/C13H17N5O/c1-3-11-16-12(4-2)18(17-11)10-7-8(14)5-6-9(10)13(15)19/h5-7H,3-4,14H2,1-2H3,(H2,15,19). The summed E-state index contributed by atoms with van der Waals surface area (Å²) in [5.41, 5.74) is 12.7. The van der Waals surface area contributed by atoms with Crippen LogP contribution in [-0.4, -0.2) is 20.7 Å². The fourth-order valence-electron chi connectivity index (χ4n) is 1.90. The quantitative estimate of drug-likeness (QED) is 0.802. The molecule has 1 aromatic heterocycles. The first-order valence-electron chi connectivity index (χ1n) is 6.21. The lowest BCUT2D eigenvalue weighted by atomic mass is 10.1. The van der Waals surface area contributed by atoms with E-state index in [0.29, 0.717) is 23.4 Å². The summed E-state index contributed by atoms with van der Waals surface area (Å²) in [5.74, 6) is 1.00. The van der Waals surface area contributed by atoms with Gasteiger partial charge < -0.3 is 11.5 Å². The number of amides is 1. The van der Waals surface area contributed by atoms with Gasteiger partial charge in [0.25, 0.3) is 5.91 Å². The number of benzene rings is 1. The molecule has 0 bridgehead atoms. The molecule has 0 aliphatic rings. The normalized spacial score (nSPS) is 10.6. The van der Waals surface area contributed by atoms with Gasteiger partial charge in [0.1, 0.15) is 5.82 Å². The Hall–Kier alpha value is -2.37. The summed E-state index contributed by atoms with van der Waals surface area (Å²) in [6.45, 7) is 3.96. The molecule has 1 amide bonds. The molecule has 1 aromatic carbocycles. The highest BCUT2D eigenvalue weighted by atomic mass is 16.1. The molecule has 6 heteroatoms. The van der Waals surface area contributed by atoms with Gasteiger partial charge in [-0.25, -0.2) is 9.67 Å². The highest BCUT2D eigenvalue weighted by Gasteiger charge is 2.15. The van der Waals surface area contributed by atoms with Crippen LogP contribution in [-0.2, 0) is 12.8 Å². The summed E-state index contributed by atoms with van der Waals surface area (Å²) in [5, 5.41) is 4.40. The Morgan fingerprint density at radius 1 is 1.32 bits per heavy atom. The number of anilines is 1. The molecule has 100 valence electrons. The van der Waals surface area contributed by atoms with Crippen molar-refractivity contribution in [2.75, 3.05) is 5.73 Å². The molecule has 0 atom stereocenters. The Bertz CT molecular complexity index is 617. The van der Waals surface area contributed by atoms with E-state index in [1.165, 1.54) is 0 Å². The second-order valence-electron chi connectivity index (χ2n) is 4.20. The van der Waals surface area contributed by atoms with Crippen LogP contribution in [0.4, 0.5) is 5.69 Å². The molecule has 0 fully saturated rings. The largest absolute Gasteiger partial charge is 0.399 e. The van der Waals surface area contributed by atoms with E-state index >= 15 is 0 Å². The van der Waals surface area contributed by atoms with Crippen molar-refractivity contribution in [1.29, 1.82) is 0 Å². The van der Waals surface area contributed by atoms with Crippen LogP contribution in [0.5, 0.6) is 0 Å². The molecule has 2 aromatic rings. The van der Waals surface area contributed by atoms with Crippen molar-refractivity contribution in [1.82, 2.24) is 14.8 Å². The van der Waals surface area contributed by atoms with Crippen molar-refractivity contribution >= 4 is 11.6 Å². The summed E-state index contributed by atoms with van der Waals surface area (Å²) >= 11 is 0. The lowest BCUT2D eigenvalue weighted by Crippen LogP contribution is -2.16. The fourth-order valence-corrected chi connectivity index (χ4v) is 1.90. The van der Waals surface area contributed by atoms with Crippen LogP contribution in [0.3, 0.4) is 0 Å². The molecular formula is C13H17N5O. The predicted octanol–water partition coefficient (Wildman–Crippen LogP) is 1.07. The van der Waals surface area contributed by atoms with Crippen LogP contribution in [0.1, 0.15) is 35.9 Å². The lowest BCUT2D eigenvalue weighted by molar-refractivity contribution is 0.1000. The van der Waals surface area contributed by atoms with E-state index in [4.69, 9.17) is 11.5 Å². The number of aromatic nitrogens is 3. The Morgan fingerprint density at radius 2 is 2.05 bits per heavy atom. The zero-order chi connectivity index (χ0) is 14.0. The van der Waals surface area contributed by atoms with Crippen LogP contribution in [0.2, 0.25) is 0 Å². The van der Waals surface area contributed by atoms with Gasteiger partial charge >= 0.3 is 0 Å². The van der Waals surface area contributed by atoms with Crippen molar-refractivity contribution in [2.24, 2.45) is 5.73 Å². The van der Waals surface area contributed by atoms with Gasteiger partial charge in [-0.15, -0.1) is 0 Å². The van der Waals surface area contributed by atoms with Gasteiger partial charge in [-0.1, -0.05) is 13.8 Å². The van der Waals surface area contributed by atoms with Gasteiger partial charge in [0, 0.05) is 18.5 Å². The summed E-state index contributed by atoms with van der Waals surface area (Å²) in [6, 6.07) is 4.94. The van der Waals surface area contributed by atoms with Crippen LogP contribution in [0.15, 0.2) is 18.2 Å². The number of rotatable bonds is 4. The van der Waals surface area contributed by atoms with Crippen molar-refractivity contribution in [3.05, 3.63) is 35.4 Å². The zero-order valence-electron chi connectivity index (χ0n) is 11.1. The highest BCUT2D eigenvalue weighted by molar-refractivity contribution is 5.97. The van der Waals surface area contributed by atoms with Crippen LogP contribution in [0.25, 0.3) is 5.69 Å². The van der Waals surface area contributed by atoms with E-state index in [9.17, 15) is 4.79 Å². The summed E-state index contributed by atoms with van der Waals surface area (Å²) in [6.07, 6.45) is 1.44. The number of primary amides is 1. The number of carbonyl (C=O) groups is 1. The first-order chi connectivity index (χ1) is 9.06. The summed E-state index contributed by atoms with van der Waals surface area (Å²) in [4.78, 5) is 15.9. The zero-order valence-corrected chi connectivity index (χ0v) is 11.1. The highest BCUT2D eigenvalue weighted by Crippen LogP contribution is 2.19. The third kappa shape index (κ3) is 2.42. The molecule has 0 radical (unpaired) electrons. The Labute approximate surface area is 111 Å². The SMILES string of the molecule is CCc1nc(CC)n(-c2cc(N)ccc2C(N)=O)n1. The fraction of sp³-hybridized carbons (Fsp3) is 0.308. The van der Waals surface area contributed by atoms with Gasteiger partial charge in [-0.05, 0) is 18.2 Å². The molecule has 0 unspecified atom stereocenters. The van der Waals surface area contributed by atoms with Gasteiger partial charge in [0.2, 0.25) is 0 Å². The molecule has 0 saturated heterocycles. The molecule has 0 saturated carbocycles. The van der Waals surface area contributed by atoms with Crippen molar-refractivity contribution in [2.45, 2.75) is 26.7 Å². The number of nitrogens with two attached hydrogens (primary N) is 2. The lowest BCUT2D eigenvalue weighted by Gasteiger charge is -2.09. The Kier molecular flexibility index (Phi) is 3.50. The minimum absolute atomic E-state index is 0.386. The molecule has 0 spiro atoms. The molecular weight excluding hydrogens is 242 g/mol.